The Kier molecular flexibility index (Phi) is 5.25. The van der Waals surface area contributed by atoms with Crippen LogP contribution in [0.25, 0.3) is 0 Å². The first-order valence-corrected chi connectivity index (χ1v) is 12.1. The summed E-state index contributed by atoms with van der Waals surface area (Å²) in [6.07, 6.45) is 0.154. The highest BCUT2D eigenvalue weighted by Gasteiger charge is 2.41. The monoisotopic (exact) mass is 450 g/mol. The molecule has 1 aromatic rings. The van der Waals surface area contributed by atoms with Crippen molar-refractivity contribution in [2.24, 2.45) is 0 Å². The third-order valence-corrected chi connectivity index (χ3v) is 9.60. The average molecular weight is 451 g/mol. The van der Waals surface area contributed by atoms with E-state index in [-0.39, 0.29) is 36.9 Å². The number of carbonyl (C=O) groups excluding carboxylic acids is 1. The van der Waals surface area contributed by atoms with Crippen molar-refractivity contribution in [2.75, 3.05) is 37.7 Å². The summed E-state index contributed by atoms with van der Waals surface area (Å²) in [6, 6.07) is 7.10. The van der Waals surface area contributed by atoms with E-state index in [4.69, 9.17) is 0 Å². The van der Waals surface area contributed by atoms with E-state index in [9.17, 15) is 21.6 Å². The fourth-order valence-electron chi connectivity index (χ4n) is 3.16. The van der Waals surface area contributed by atoms with Crippen LogP contribution >= 0.6 is 15.9 Å². The first-order valence-electron chi connectivity index (χ1n) is 7.94. The Morgan fingerprint density at radius 3 is 2.32 bits per heavy atom. The zero-order chi connectivity index (χ0) is 18.2. The number of piperazine rings is 1. The number of sulfone groups is 1. The molecule has 0 spiro atoms. The SMILES string of the molecule is O=C(c1ccccc1Br)N1CCN(S(=O)(=O)C2CCS(=O)(=O)C2)CC1. The molecule has 25 heavy (non-hydrogen) atoms. The number of hydrogen-bond acceptors (Lipinski definition) is 5. The van der Waals surface area contributed by atoms with E-state index < -0.39 is 25.1 Å². The van der Waals surface area contributed by atoms with Gasteiger partial charge >= 0.3 is 0 Å². The summed E-state index contributed by atoms with van der Waals surface area (Å²) >= 11 is 3.35. The van der Waals surface area contributed by atoms with E-state index in [0.717, 1.165) is 0 Å². The number of rotatable bonds is 3. The third-order valence-electron chi connectivity index (χ3n) is 4.60. The Labute approximate surface area is 156 Å². The molecule has 1 aromatic carbocycles. The van der Waals surface area contributed by atoms with E-state index >= 15 is 0 Å². The van der Waals surface area contributed by atoms with Crippen LogP contribution in [0.1, 0.15) is 16.8 Å². The summed E-state index contributed by atoms with van der Waals surface area (Å²) in [4.78, 5) is 14.2. The van der Waals surface area contributed by atoms with Crippen molar-refractivity contribution in [3.63, 3.8) is 0 Å². The molecule has 1 unspecified atom stereocenters. The Balaban J connectivity index is 1.66. The number of sulfonamides is 1. The highest BCUT2D eigenvalue weighted by molar-refractivity contribution is 9.10. The Morgan fingerprint density at radius 1 is 1.12 bits per heavy atom. The standard InChI is InChI=1S/C15H19BrN2O5S2/c16-14-4-2-1-3-13(14)15(19)17-6-8-18(9-7-17)25(22,23)12-5-10-24(20,21)11-12/h1-4,12H,5-11H2. The maximum atomic E-state index is 12.6. The van der Waals surface area contributed by atoms with Crippen LogP contribution in [0.4, 0.5) is 0 Å². The third kappa shape index (κ3) is 3.91. The van der Waals surface area contributed by atoms with Gasteiger partial charge in [-0.3, -0.25) is 4.79 Å². The van der Waals surface area contributed by atoms with Crippen LogP contribution in [0, 0.1) is 0 Å². The van der Waals surface area contributed by atoms with Crippen LogP contribution in [0.5, 0.6) is 0 Å². The molecule has 2 aliphatic heterocycles. The zero-order valence-electron chi connectivity index (χ0n) is 13.5. The minimum absolute atomic E-state index is 0.0720. The number of benzene rings is 1. The highest BCUT2D eigenvalue weighted by Crippen LogP contribution is 2.24. The summed E-state index contributed by atoms with van der Waals surface area (Å²) in [7, 11) is -6.91. The minimum atomic E-state index is -3.65. The predicted molar refractivity (Wildman–Crippen MR) is 97.6 cm³/mol. The average Bonchev–Trinajstić information content (AvgIpc) is 2.95. The first kappa shape index (κ1) is 18.8. The smallest absolute Gasteiger partial charge is 0.255 e. The number of carbonyl (C=O) groups is 1. The molecule has 10 heteroatoms. The van der Waals surface area contributed by atoms with E-state index in [1.54, 1.807) is 23.1 Å². The van der Waals surface area contributed by atoms with Crippen LogP contribution in [-0.2, 0) is 19.9 Å². The number of halogens is 1. The molecule has 2 heterocycles. The van der Waals surface area contributed by atoms with E-state index in [0.29, 0.717) is 23.1 Å². The molecule has 0 saturated carbocycles. The molecule has 0 aliphatic carbocycles. The van der Waals surface area contributed by atoms with Crippen LogP contribution in [0.2, 0.25) is 0 Å². The molecule has 7 nitrogen and oxygen atoms in total. The van der Waals surface area contributed by atoms with Gasteiger partial charge < -0.3 is 4.90 Å². The van der Waals surface area contributed by atoms with Gasteiger partial charge in [0.25, 0.3) is 5.91 Å². The van der Waals surface area contributed by atoms with E-state index in [1.165, 1.54) is 4.31 Å². The summed E-state index contributed by atoms with van der Waals surface area (Å²) < 4.78 is 50.4. The van der Waals surface area contributed by atoms with Crippen LogP contribution in [-0.4, -0.2) is 74.9 Å². The van der Waals surface area contributed by atoms with Crippen LogP contribution < -0.4 is 0 Å². The molecule has 2 fully saturated rings. The van der Waals surface area contributed by atoms with Gasteiger partial charge in [0.05, 0.1) is 22.3 Å². The molecular formula is C15H19BrN2O5S2. The van der Waals surface area contributed by atoms with Gasteiger partial charge in [-0.05, 0) is 34.5 Å². The van der Waals surface area contributed by atoms with E-state index in [1.807, 2.05) is 6.07 Å². The Bertz CT molecular complexity index is 877. The molecule has 2 aliphatic rings. The van der Waals surface area contributed by atoms with Gasteiger partial charge in [0.2, 0.25) is 10.0 Å². The predicted octanol–water partition coefficient (Wildman–Crippen LogP) is 0.724. The van der Waals surface area contributed by atoms with Crippen molar-refractivity contribution in [3.8, 4) is 0 Å². The lowest BCUT2D eigenvalue weighted by atomic mass is 10.2. The molecule has 0 radical (unpaired) electrons. The van der Waals surface area contributed by atoms with Gasteiger partial charge in [-0.1, -0.05) is 12.1 Å². The van der Waals surface area contributed by atoms with Crippen molar-refractivity contribution >= 4 is 41.7 Å². The molecule has 1 atom stereocenters. The van der Waals surface area contributed by atoms with Crippen molar-refractivity contribution in [2.45, 2.75) is 11.7 Å². The quantitative estimate of drug-likeness (QED) is 0.676. The van der Waals surface area contributed by atoms with Crippen molar-refractivity contribution < 1.29 is 21.6 Å². The summed E-state index contributed by atoms with van der Waals surface area (Å²) in [5, 5.41) is -0.858. The number of amides is 1. The number of hydrogen-bond donors (Lipinski definition) is 0. The summed E-state index contributed by atoms with van der Waals surface area (Å²) in [6.45, 7) is 0.960. The van der Waals surface area contributed by atoms with Gasteiger partial charge in [-0.25, -0.2) is 16.8 Å². The normalized spacial score (nSPS) is 24.4. The fraction of sp³-hybridized carbons (Fsp3) is 0.533. The lowest BCUT2D eigenvalue weighted by molar-refractivity contribution is 0.0696. The largest absolute Gasteiger partial charge is 0.336 e. The second-order valence-corrected chi connectivity index (χ2v) is 11.5. The van der Waals surface area contributed by atoms with Crippen molar-refractivity contribution in [1.29, 1.82) is 0 Å². The summed E-state index contributed by atoms with van der Waals surface area (Å²) in [5.41, 5.74) is 0.542. The second kappa shape index (κ2) is 6.98. The molecule has 0 N–H and O–H groups in total. The molecule has 0 aromatic heterocycles. The fourth-order valence-corrected chi connectivity index (χ4v) is 8.12. The number of nitrogens with zero attached hydrogens (tertiary/aromatic N) is 2. The molecule has 0 bridgehead atoms. The molecule has 1 amide bonds. The van der Waals surface area contributed by atoms with Crippen LogP contribution in [0.3, 0.4) is 0 Å². The van der Waals surface area contributed by atoms with Gasteiger partial charge in [0.1, 0.15) is 0 Å². The lowest BCUT2D eigenvalue weighted by Crippen LogP contribution is -2.52. The van der Waals surface area contributed by atoms with Gasteiger partial charge in [0.15, 0.2) is 9.84 Å². The first-order chi connectivity index (χ1) is 11.7. The van der Waals surface area contributed by atoms with Crippen molar-refractivity contribution in [1.82, 2.24) is 9.21 Å². The maximum absolute atomic E-state index is 12.6. The Hall–Kier alpha value is -0.970. The van der Waals surface area contributed by atoms with Crippen LogP contribution in [0.15, 0.2) is 28.7 Å². The van der Waals surface area contributed by atoms with Crippen molar-refractivity contribution in [3.05, 3.63) is 34.3 Å². The highest BCUT2D eigenvalue weighted by atomic mass is 79.9. The molecule has 138 valence electrons. The molecule has 2 saturated heterocycles. The summed E-state index contributed by atoms with van der Waals surface area (Å²) in [5.74, 6) is -0.518. The molecular weight excluding hydrogens is 432 g/mol. The lowest BCUT2D eigenvalue weighted by Gasteiger charge is -2.35. The zero-order valence-corrected chi connectivity index (χ0v) is 16.7. The Morgan fingerprint density at radius 2 is 1.76 bits per heavy atom. The van der Waals surface area contributed by atoms with E-state index in [2.05, 4.69) is 15.9 Å². The van der Waals surface area contributed by atoms with Gasteiger partial charge in [-0.15, -0.1) is 0 Å². The minimum Gasteiger partial charge on any atom is -0.336 e. The van der Waals surface area contributed by atoms with Gasteiger partial charge in [0, 0.05) is 30.7 Å². The second-order valence-electron chi connectivity index (χ2n) is 6.24. The topological polar surface area (TPSA) is 91.8 Å². The van der Waals surface area contributed by atoms with Gasteiger partial charge in [-0.2, -0.15) is 4.31 Å². The molecule has 3 rings (SSSR count). The maximum Gasteiger partial charge on any atom is 0.255 e.